The number of benzene rings is 1. The summed E-state index contributed by atoms with van der Waals surface area (Å²) in [6, 6.07) is 7.98. The summed E-state index contributed by atoms with van der Waals surface area (Å²) in [4.78, 5) is 12.5. The molecule has 1 N–H and O–H groups in total. The van der Waals surface area contributed by atoms with Crippen LogP contribution in [0.4, 0.5) is 0 Å². The predicted molar refractivity (Wildman–Crippen MR) is 107 cm³/mol. The fourth-order valence-corrected chi connectivity index (χ4v) is 3.85. The highest BCUT2D eigenvalue weighted by atomic mass is 32.2. The molecule has 0 fully saturated rings. The Hall–Kier alpha value is -2.19. The van der Waals surface area contributed by atoms with E-state index in [9.17, 15) is 13.2 Å². The average Bonchev–Trinajstić information content (AvgIpc) is 3.05. The van der Waals surface area contributed by atoms with Crippen molar-refractivity contribution in [2.75, 3.05) is 25.9 Å². The van der Waals surface area contributed by atoms with Crippen LogP contribution in [0.2, 0.25) is 0 Å². The van der Waals surface area contributed by atoms with Gasteiger partial charge in [0.05, 0.1) is 29.4 Å². The molecule has 1 aromatic heterocycles. The summed E-state index contributed by atoms with van der Waals surface area (Å²) < 4.78 is 26.3. The molecule has 0 saturated carbocycles. The Morgan fingerprint density at radius 2 is 1.89 bits per heavy atom. The summed E-state index contributed by atoms with van der Waals surface area (Å²) in [6.07, 6.45) is 4.01. The van der Waals surface area contributed by atoms with Gasteiger partial charge >= 0.3 is 0 Å². The van der Waals surface area contributed by atoms with Gasteiger partial charge in [0.1, 0.15) is 0 Å². The van der Waals surface area contributed by atoms with Crippen molar-refractivity contribution in [1.82, 2.24) is 19.4 Å². The second kappa shape index (κ2) is 9.14. The molecule has 27 heavy (non-hydrogen) atoms. The molecule has 2 rings (SSSR count). The van der Waals surface area contributed by atoms with Gasteiger partial charge < -0.3 is 5.32 Å². The Morgan fingerprint density at radius 1 is 1.22 bits per heavy atom. The van der Waals surface area contributed by atoms with Crippen molar-refractivity contribution in [2.24, 2.45) is 0 Å². The van der Waals surface area contributed by atoms with E-state index in [2.05, 4.69) is 10.4 Å². The molecular weight excluding hydrogens is 364 g/mol. The summed E-state index contributed by atoms with van der Waals surface area (Å²) in [7, 11) is -3.20. The zero-order valence-corrected chi connectivity index (χ0v) is 17.2. The largest absolute Gasteiger partial charge is 0.352 e. The Kier molecular flexibility index (Phi) is 7.15. The van der Waals surface area contributed by atoms with Crippen LogP contribution < -0.4 is 5.32 Å². The molecule has 0 saturated heterocycles. The van der Waals surface area contributed by atoms with Crippen molar-refractivity contribution in [3.63, 3.8) is 0 Å². The summed E-state index contributed by atoms with van der Waals surface area (Å²) in [5.41, 5.74) is 3.48. The highest BCUT2D eigenvalue weighted by Gasteiger charge is 2.17. The van der Waals surface area contributed by atoms with Crippen LogP contribution in [-0.4, -0.2) is 54.3 Å². The van der Waals surface area contributed by atoms with Gasteiger partial charge in [0.25, 0.3) is 5.91 Å². The number of rotatable bonds is 9. The number of nitrogens with zero attached hydrogens (tertiary/aromatic N) is 3. The molecule has 0 bridgehead atoms. The minimum absolute atomic E-state index is 0.187. The fraction of sp³-hybridized carbons (Fsp3) is 0.474. The van der Waals surface area contributed by atoms with Crippen LogP contribution in [0, 0.1) is 6.92 Å². The third kappa shape index (κ3) is 5.40. The maximum absolute atomic E-state index is 12.5. The summed E-state index contributed by atoms with van der Waals surface area (Å²) in [6.45, 7) is 7.03. The van der Waals surface area contributed by atoms with E-state index in [1.807, 2.05) is 38.1 Å². The fourth-order valence-electron chi connectivity index (χ4n) is 2.92. The van der Waals surface area contributed by atoms with Crippen LogP contribution in [0.5, 0.6) is 0 Å². The smallest absolute Gasteiger partial charge is 0.254 e. The molecular formula is C19H28N4O3S. The standard InChI is InChI=1S/C19H28N4O3S/c1-5-18-17(14-21-23(18)16-10-8-15(3)9-11-16)19(24)20-12-7-13-22(6-2)27(4,25)26/h8-11,14H,5-7,12-13H2,1-4H3,(H,20,24). The third-order valence-electron chi connectivity index (χ3n) is 4.42. The number of nitrogens with one attached hydrogen (secondary N) is 1. The van der Waals surface area contributed by atoms with Crippen molar-refractivity contribution < 1.29 is 13.2 Å². The number of carbonyl (C=O) groups is 1. The van der Waals surface area contributed by atoms with E-state index in [4.69, 9.17) is 0 Å². The molecule has 8 heteroatoms. The molecule has 2 aromatic rings. The average molecular weight is 393 g/mol. The monoisotopic (exact) mass is 392 g/mol. The minimum atomic E-state index is -3.20. The van der Waals surface area contributed by atoms with Gasteiger partial charge in [-0.05, 0) is 31.9 Å². The molecule has 0 aliphatic heterocycles. The van der Waals surface area contributed by atoms with E-state index >= 15 is 0 Å². The Balaban J connectivity index is 2.02. The Morgan fingerprint density at radius 3 is 2.44 bits per heavy atom. The van der Waals surface area contributed by atoms with Crippen LogP contribution in [0.15, 0.2) is 30.5 Å². The second-order valence-corrected chi connectivity index (χ2v) is 8.45. The predicted octanol–water partition coefficient (Wildman–Crippen LogP) is 2.14. The first-order valence-corrected chi connectivity index (χ1v) is 11.0. The minimum Gasteiger partial charge on any atom is -0.352 e. The van der Waals surface area contributed by atoms with Gasteiger partial charge in [-0.1, -0.05) is 31.5 Å². The van der Waals surface area contributed by atoms with Crippen molar-refractivity contribution in [3.05, 3.63) is 47.3 Å². The Bertz CT molecular complexity index is 873. The van der Waals surface area contributed by atoms with Crippen LogP contribution in [0.1, 0.15) is 41.9 Å². The molecule has 0 aliphatic rings. The first-order valence-electron chi connectivity index (χ1n) is 9.15. The number of hydrogen-bond donors (Lipinski definition) is 1. The summed E-state index contributed by atoms with van der Waals surface area (Å²) in [5.74, 6) is -0.187. The van der Waals surface area contributed by atoms with Crippen molar-refractivity contribution in [3.8, 4) is 5.69 Å². The SMILES string of the molecule is CCc1c(C(=O)NCCCN(CC)S(C)(=O)=O)cnn1-c1ccc(C)cc1. The van der Waals surface area contributed by atoms with Crippen molar-refractivity contribution in [2.45, 2.75) is 33.6 Å². The molecule has 0 aliphatic carbocycles. The van der Waals surface area contributed by atoms with Gasteiger partial charge in [-0.2, -0.15) is 5.10 Å². The lowest BCUT2D eigenvalue weighted by Gasteiger charge is -2.17. The van der Waals surface area contributed by atoms with Crippen LogP contribution in [0.25, 0.3) is 5.69 Å². The van der Waals surface area contributed by atoms with Gasteiger partial charge in [-0.15, -0.1) is 0 Å². The molecule has 0 atom stereocenters. The molecule has 1 heterocycles. The number of aryl methyl sites for hydroxylation is 1. The van der Waals surface area contributed by atoms with Crippen molar-refractivity contribution >= 4 is 15.9 Å². The van der Waals surface area contributed by atoms with Crippen LogP contribution in [0.3, 0.4) is 0 Å². The number of aromatic nitrogens is 2. The first-order chi connectivity index (χ1) is 12.8. The summed E-state index contributed by atoms with van der Waals surface area (Å²) in [5, 5.41) is 7.24. The maximum Gasteiger partial charge on any atom is 0.254 e. The zero-order valence-electron chi connectivity index (χ0n) is 16.4. The summed E-state index contributed by atoms with van der Waals surface area (Å²) >= 11 is 0. The zero-order chi connectivity index (χ0) is 20.0. The number of amides is 1. The molecule has 0 radical (unpaired) electrons. The molecule has 1 amide bonds. The molecule has 0 spiro atoms. The third-order valence-corrected chi connectivity index (χ3v) is 5.80. The van der Waals surface area contributed by atoms with Gasteiger partial charge in [0.2, 0.25) is 10.0 Å². The number of carbonyl (C=O) groups excluding carboxylic acids is 1. The molecule has 7 nitrogen and oxygen atoms in total. The highest BCUT2D eigenvalue weighted by Crippen LogP contribution is 2.16. The van der Waals surface area contributed by atoms with Crippen LogP contribution in [-0.2, 0) is 16.4 Å². The van der Waals surface area contributed by atoms with E-state index in [0.717, 1.165) is 16.9 Å². The van der Waals surface area contributed by atoms with Gasteiger partial charge in [0, 0.05) is 19.6 Å². The molecule has 148 valence electrons. The Labute approximate surface area is 161 Å². The maximum atomic E-state index is 12.5. The van der Waals surface area contributed by atoms with Crippen LogP contribution >= 0.6 is 0 Å². The number of hydrogen-bond acceptors (Lipinski definition) is 4. The quantitative estimate of drug-likeness (QED) is 0.663. The highest BCUT2D eigenvalue weighted by molar-refractivity contribution is 7.88. The van der Waals surface area contributed by atoms with Gasteiger partial charge in [-0.3, -0.25) is 4.79 Å². The van der Waals surface area contributed by atoms with E-state index < -0.39 is 10.0 Å². The lowest BCUT2D eigenvalue weighted by molar-refractivity contribution is 0.0952. The lowest BCUT2D eigenvalue weighted by Crippen LogP contribution is -2.33. The van der Waals surface area contributed by atoms with E-state index in [1.54, 1.807) is 17.8 Å². The normalized spacial score (nSPS) is 11.7. The van der Waals surface area contributed by atoms with Gasteiger partial charge in [0.15, 0.2) is 0 Å². The lowest BCUT2D eigenvalue weighted by atomic mass is 10.1. The number of sulfonamides is 1. The van der Waals surface area contributed by atoms with E-state index in [1.165, 1.54) is 10.6 Å². The molecule has 0 unspecified atom stereocenters. The van der Waals surface area contributed by atoms with Crippen molar-refractivity contribution in [1.29, 1.82) is 0 Å². The van der Waals surface area contributed by atoms with Gasteiger partial charge in [-0.25, -0.2) is 17.4 Å². The topological polar surface area (TPSA) is 84.3 Å². The van der Waals surface area contributed by atoms with E-state index in [0.29, 0.717) is 38.0 Å². The first kappa shape index (κ1) is 21.1. The van der Waals surface area contributed by atoms with E-state index in [-0.39, 0.29) is 5.91 Å². The second-order valence-electron chi connectivity index (χ2n) is 6.47. The molecule has 1 aromatic carbocycles.